The average Bonchev–Trinajstić information content (AvgIpc) is 2.56. The van der Waals surface area contributed by atoms with Gasteiger partial charge in [0.2, 0.25) is 10.0 Å². The second kappa shape index (κ2) is 5.60. The summed E-state index contributed by atoms with van der Waals surface area (Å²) in [6.45, 7) is 9.27. The molecule has 1 aromatic heterocycles. The number of hydrogen-bond donors (Lipinski definition) is 2. The van der Waals surface area contributed by atoms with Crippen molar-refractivity contribution in [2.75, 3.05) is 6.54 Å². The molecule has 110 valence electrons. The molecule has 0 aliphatic carbocycles. The fourth-order valence-corrected chi connectivity index (χ4v) is 4.06. The molecular formula is C12H23N3O3S. The first-order valence-electron chi connectivity index (χ1n) is 6.28. The average molecular weight is 289 g/mol. The van der Waals surface area contributed by atoms with Crippen LogP contribution in [0.3, 0.4) is 0 Å². The lowest BCUT2D eigenvalue weighted by molar-refractivity contribution is 0.344. The first-order valence-corrected chi connectivity index (χ1v) is 7.76. The smallest absolute Gasteiger partial charge is 0.246 e. The van der Waals surface area contributed by atoms with Gasteiger partial charge in [-0.1, -0.05) is 19.0 Å². The number of aromatic nitrogens is 1. The summed E-state index contributed by atoms with van der Waals surface area (Å²) in [5.74, 6) is 0.620. The van der Waals surface area contributed by atoms with E-state index in [1.807, 2.05) is 20.8 Å². The van der Waals surface area contributed by atoms with Crippen molar-refractivity contribution in [2.24, 2.45) is 11.7 Å². The fourth-order valence-electron chi connectivity index (χ4n) is 2.30. The predicted molar refractivity (Wildman–Crippen MR) is 73.2 cm³/mol. The Kier molecular flexibility index (Phi) is 4.76. The minimum absolute atomic E-state index is 0.107. The molecule has 1 unspecified atom stereocenters. The zero-order valence-corrected chi connectivity index (χ0v) is 13.0. The zero-order valence-electron chi connectivity index (χ0n) is 12.1. The standard InChI is InChI=1S/C12H23N3O3S/c1-8(2)6-12(5,7-13)15-19(16,17)11-9(3)14-18-10(11)4/h8,15H,6-7,13H2,1-5H3. The maximum absolute atomic E-state index is 12.4. The molecule has 3 N–H and O–H groups in total. The Bertz CT molecular complexity index is 517. The zero-order chi connectivity index (χ0) is 14.8. The summed E-state index contributed by atoms with van der Waals surface area (Å²) in [7, 11) is -3.68. The van der Waals surface area contributed by atoms with Crippen LogP contribution in [0.5, 0.6) is 0 Å². The summed E-state index contributed by atoms with van der Waals surface area (Å²) in [4.78, 5) is 0.107. The van der Waals surface area contributed by atoms with Gasteiger partial charge in [0.15, 0.2) is 5.76 Å². The van der Waals surface area contributed by atoms with Crippen molar-refractivity contribution < 1.29 is 12.9 Å². The summed E-state index contributed by atoms with van der Waals surface area (Å²) < 4.78 is 32.4. The van der Waals surface area contributed by atoms with E-state index in [1.54, 1.807) is 13.8 Å². The van der Waals surface area contributed by atoms with Crippen LogP contribution in [0.2, 0.25) is 0 Å². The van der Waals surface area contributed by atoms with Crippen molar-refractivity contribution >= 4 is 10.0 Å². The van der Waals surface area contributed by atoms with Crippen molar-refractivity contribution in [3.8, 4) is 0 Å². The first kappa shape index (κ1) is 16.1. The van der Waals surface area contributed by atoms with E-state index in [9.17, 15) is 8.42 Å². The Labute approximate surface area is 114 Å². The lowest BCUT2D eigenvalue weighted by Gasteiger charge is -2.30. The minimum Gasteiger partial charge on any atom is -0.360 e. The second-order valence-corrected chi connectivity index (χ2v) is 7.24. The normalized spacial score (nSPS) is 15.7. The van der Waals surface area contributed by atoms with E-state index in [1.165, 1.54) is 0 Å². The Morgan fingerprint density at radius 3 is 2.37 bits per heavy atom. The van der Waals surface area contributed by atoms with Gasteiger partial charge in [0.05, 0.1) is 0 Å². The third-order valence-electron chi connectivity index (χ3n) is 2.93. The Morgan fingerprint density at radius 1 is 1.42 bits per heavy atom. The molecule has 1 rings (SSSR count). The highest BCUT2D eigenvalue weighted by Crippen LogP contribution is 2.23. The quantitative estimate of drug-likeness (QED) is 0.823. The summed E-state index contributed by atoms with van der Waals surface area (Å²) in [5.41, 5.74) is 5.40. The van der Waals surface area contributed by atoms with Gasteiger partial charge in [0, 0.05) is 12.1 Å². The van der Waals surface area contributed by atoms with Crippen LogP contribution in [0.4, 0.5) is 0 Å². The van der Waals surface area contributed by atoms with Gasteiger partial charge in [-0.2, -0.15) is 0 Å². The van der Waals surface area contributed by atoms with Gasteiger partial charge in [-0.25, -0.2) is 13.1 Å². The van der Waals surface area contributed by atoms with Gasteiger partial charge in [0.1, 0.15) is 10.6 Å². The monoisotopic (exact) mass is 289 g/mol. The second-order valence-electron chi connectivity index (χ2n) is 5.62. The van der Waals surface area contributed by atoms with Crippen molar-refractivity contribution in [3.63, 3.8) is 0 Å². The third-order valence-corrected chi connectivity index (χ3v) is 4.81. The number of aryl methyl sites for hydroxylation is 2. The summed E-state index contributed by atoms with van der Waals surface area (Å²) in [6.07, 6.45) is 0.659. The lowest BCUT2D eigenvalue weighted by Crippen LogP contribution is -2.52. The molecule has 0 fully saturated rings. The maximum atomic E-state index is 12.4. The maximum Gasteiger partial charge on any atom is 0.246 e. The number of nitrogens with two attached hydrogens (primary N) is 1. The van der Waals surface area contributed by atoms with Gasteiger partial charge in [0.25, 0.3) is 0 Å². The molecule has 0 bridgehead atoms. The molecule has 6 nitrogen and oxygen atoms in total. The van der Waals surface area contributed by atoms with Crippen LogP contribution in [0, 0.1) is 19.8 Å². The molecule has 1 heterocycles. The Morgan fingerprint density at radius 2 is 2.00 bits per heavy atom. The Hall–Kier alpha value is -0.920. The SMILES string of the molecule is Cc1noc(C)c1S(=O)(=O)NC(C)(CN)CC(C)C. The highest BCUT2D eigenvalue weighted by Gasteiger charge is 2.33. The molecule has 0 amide bonds. The number of hydrogen-bond acceptors (Lipinski definition) is 5. The first-order chi connectivity index (χ1) is 8.61. The van der Waals surface area contributed by atoms with Crippen LogP contribution in [0.25, 0.3) is 0 Å². The molecular weight excluding hydrogens is 266 g/mol. The van der Waals surface area contributed by atoms with Crippen LogP contribution < -0.4 is 10.5 Å². The van der Waals surface area contributed by atoms with Crippen LogP contribution in [0.15, 0.2) is 9.42 Å². The van der Waals surface area contributed by atoms with E-state index in [-0.39, 0.29) is 17.2 Å². The molecule has 1 atom stereocenters. The molecule has 7 heteroatoms. The Balaban J connectivity index is 3.09. The van der Waals surface area contributed by atoms with Crippen molar-refractivity contribution in [1.82, 2.24) is 9.88 Å². The fraction of sp³-hybridized carbons (Fsp3) is 0.750. The van der Waals surface area contributed by atoms with Crippen molar-refractivity contribution in [1.29, 1.82) is 0 Å². The molecule has 1 aromatic rings. The van der Waals surface area contributed by atoms with Crippen LogP contribution in [-0.2, 0) is 10.0 Å². The number of rotatable bonds is 6. The molecule has 19 heavy (non-hydrogen) atoms. The largest absolute Gasteiger partial charge is 0.360 e. The molecule has 0 aliphatic rings. The molecule has 0 radical (unpaired) electrons. The van der Waals surface area contributed by atoms with E-state index in [0.29, 0.717) is 18.0 Å². The molecule has 0 aromatic carbocycles. The molecule has 0 saturated carbocycles. The summed E-state index contributed by atoms with van der Waals surface area (Å²) in [5, 5.41) is 3.67. The number of sulfonamides is 1. The van der Waals surface area contributed by atoms with Crippen LogP contribution in [-0.4, -0.2) is 25.7 Å². The topological polar surface area (TPSA) is 98.2 Å². The van der Waals surface area contributed by atoms with E-state index in [0.717, 1.165) is 0 Å². The van der Waals surface area contributed by atoms with E-state index < -0.39 is 15.6 Å². The van der Waals surface area contributed by atoms with Gasteiger partial charge in [-0.3, -0.25) is 0 Å². The molecule has 0 aliphatic heterocycles. The molecule has 0 saturated heterocycles. The van der Waals surface area contributed by atoms with Crippen LogP contribution in [0.1, 0.15) is 38.6 Å². The highest BCUT2D eigenvalue weighted by molar-refractivity contribution is 7.89. The van der Waals surface area contributed by atoms with Crippen molar-refractivity contribution in [3.05, 3.63) is 11.5 Å². The van der Waals surface area contributed by atoms with Gasteiger partial charge >= 0.3 is 0 Å². The highest BCUT2D eigenvalue weighted by atomic mass is 32.2. The minimum atomic E-state index is -3.68. The van der Waals surface area contributed by atoms with Gasteiger partial charge < -0.3 is 10.3 Å². The van der Waals surface area contributed by atoms with Gasteiger partial charge in [-0.05, 0) is 33.1 Å². The van der Waals surface area contributed by atoms with Gasteiger partial charge in [-0.15, -0.1) is 0 Å². The van der Waals surface area contributed by atoms with Crippen LogP contribution >= 0.6 is 0 Å². The number of nitrogens with one attached hydrogen (secondary N) is 1. The summed E-state index contributed by atoms with van der Waals surface area (Å²) in [6, 6.07) is 0. The lowest BCUT2D eigenvalue weighted by atomic mass is 9.92. The van der Waals surface area contributed by atoms with E-state index in [4.69, 9.17) is 10.3 Å². The number of nitrogens with zero attached hydrogens (tertiary/aromatic N) is 1. The predicted octanol–water partition coefficient (Wildman–Crippen LogP) is 1.33. The van der Waals surface area contributed by atoms with E-state index >= 15 is 0 Å². The van der Waals surface area contributed by atoms with Crippen molar-refractivity contribution in [2.45, 2.75) is 51.5 Å². The third kappa shape index (κ3) is 3.77. The summed E-state index contributed by atoms with van der Waals surface area (Å²) >= 11 is 0. The van der Waals surface area contributed by atoms with E-state index in [2.05, 4.69) is 9.88 Å². The molecule has 0 spiro atoms.